The summed E-state index contributed by atoms with van der Waals surface area (Å²) in [6.45, 7) is 9.61. The Morgan fingerprint density at radius 2 is 1.00 bits per heavy atom. The minimum absolute atomic E-state index is 0.569. The van der Waals surface area contributed by atoms with Crippen molar-refractivity contribution >= 4 is 0 Å². The molecule has 0 bridgehead atoms. The first-order valence-electron chi connectivity index (χ1n) is 8.55. The topological polar surface area (TPSA) is 31.5 Å². The average molecular weight is 280 g/mol. The van der Waals surface area contributed by atoms with Crippen molar-refractivity contribution in [2.75, 3.05) is 52.5 Å². The Labute approximate surface area is 122 Å². The third-order valence-electron chi connectivity index (χ3n) is 5.66. The van der Waals surface area contributed by atoms with Gasteiger partial charge in [-0.3, -0.25) is 0 Å². The van der Waals surface area contributed by atoms with Crippen LogP contribution < -0.4 is 0 Å². The van der Waals surface area contributed by atoms with E-state index in [4.69, 9.17) is 9.47 Å². The van der Waals surface area contributed by atoms with Crippen molar-refractivity contribution in [1.29, 1.82) is 0 Å². The monoisotopic (exact) mass is 280 g/mol. The lowest BCUT2D eigenvalue weighted by Crippen LogP contribution is -2.42. The zero-order valence-electron chi connectivity index (χ0n) is 12.5. The Morgan fingerprint density at radius 3 is 1.30 bits per heavy atom. The van der Waals surface area contributed by atoms with Crippen LogP contribution in [0, 0.1) is 11.8 Å². The Kier molecular flexibility index (Phi) is 3.99. The van der Waals surface area contributed by atoms with Crippen LogP contribution in [-0.2, 0) is 9.47 Å². The van der Waals surface area contributed by atoms with Crippen LogP contribution in [0.3, 0.4) is 0 Å². The minimum Gasteiger partial charge on any atom is -0.372 e. The molecule has 4 nitrogen and oxygen atoms in total. The molecule has 4 saturated heterocycles. The highest BCUT2D eigenvalue weighted by atomic mass is 16.6. The number of piperidine rings is 2. The molecule has 0 aromatic carbocycles. The summed E-state index contributed by atoms with van der Waals surface area (Å²) < 4.78 is 10.7. The summed E-state index contributed by atoms with van der Waals surface area (Å²) in [6.07, 6.45) is 6.82. The van der Waals surface area contributed by atoms with Gasteiger partial charge in [-0.25, -0.2) is 0 Å². The lowest BCUT2D eigenvalue weighted by molar-refractivity contribution is 0.0904. The smallest absolute Gasteiger partial charge is 0.0936 e. The third kappa shape index (κ3) is 3.53. The quantitative estimate of drug-likeness (QED) is 0.709. The third-order valence-corrected chi connectivity index (χ3v) is 5.66. The number of hydrogen-bond acceptors (Lipinski definition) is 4. The van der Waals surface area contributed by atoms with Gasteiger partial charge in [-0.2, -0.15) is 0 Å². The van der Waals surface area contributed by atoms with E-state index in [2.05, 4.69) is 9.80 Å². The summed E-state index contributed by atoms with van der Waals surface area (Å²) in [5.74, 6) is 1.98. The first-order valence-corrected chi connectivity index (χ1v) is 8.55. The van der Waals surface area contributed by atoms with Gasteiger partial charge in [0.1, 0.15) is 0 Å². The fourth-order valence-corrected chi connectivity index (χ4v) is 4.14. The molecule has 0 aromatic rings. The predicted molar refractivity (Wildman–Crippen MR) is 77.8 cm³/mol. The zero-order valence-corrected chi connectivity index (χ0v) is 12.5. The van der Waals surface area contributed by atoms with Crippen molar-refractivity contribution in [3.63, 3.8) is 0 Å². The van der Waals surface area contributed by atoms with Gasteiger partial charge in [-0.1, -0.05) is 0 Å². The van der Waals surface area contributed by atoms with Crippen LogP contribution in [0.25, 0.3) is 0 Å². The normalized spacial score (nSPS) is 37.2. The van der Waals surface area contributed by atoms with E-state index < -0.39 is 0 Å². The van der Waals surface area contributed by atoms with E-state index in [9.17, 15) is 0 Å². The molecule has 4 rings (SSSR count). The SMILES string of the molecule is C1CN(C[C@@H]2CO2)CCC1C1CCN(C[C@@H]2CO2)CC1. The lowest BCUT2D eigenvalue weighted by Gasteiger charge is -2.40. The van der Waals surface area contributed by atoms with E-state index in [0.29, 0.717) is 12.2 Å². The molecule has 0 spiro atoms. The summed E-state index contributed by atoms with van der Waals surface area (Å²) in [5.41, 5.74) is 0. The minimum atomic E-state index is 0.569. The molecule has 4 aliphatic heterocycles. The van der Waals surface area contributed by atoms with Crippen LogP contribution in [0.4, 0.5) is 0 Å². The number of ether oxygens (including phenoxy) is 2. The maximum Gasteiger partial charge on any atom is 0.0936 e. The van der Waals surface area contributed by atoms with E-state index in [-0.39, 0.29) is 0 Å². The largest absolute Gasteiger partial charge is 0.372 e. The van der Waals surface area contributed by atoms with Gasteiger partial charge in [0.05, 0.1) is 25.4 Å². The number of nitrogens with zero attached hydrogens (tertiary/aromatic N) is 2. The second-order valence-electron chi connectivity index (χ2n) is 7.19. The number of hydrogen-bond donors (Lipinski definition) is 0. The molecule has 0 aromatic heterocycles. The van der Waals surface area contributed by atoms with Gasteiger partial charge in [0, 0.05) is 13.1 Å². The van der Waals surface area contributed by atoms with Crippen molar-refractivity contribution in [3.05, 3.63) is 0 Å². The second kappa shape index (κ2) is 5.91. The van der Waals surface area contributed by atoms with Crippen molar-refractivity contribution in [2.45, 2.75) is 37.9 Å². The predicted octanol–water partition coefficient (Wildman–Crippen LogP) is 1.21. The highest BCUT2D eigenvalue weighted by molar-refractivity contribution is 4.85. The summed E-state index contributed by atoms with van der Waals surface area (Å²) in [6, 6.07) is 0. The molecule has 2 atom stereocenters. The zero-order chi connectivity index (χ0) is 13.4. The van der Waals surface area contributed by atoms with Crippen molar-refractivity contribution in [2.24, 2.45) is 11.8 Å². The molecule has 0 amide bonds. The van der Waals surface area contributed by atoms with Crippen LogP contribution >= 0.6 is 0 Å². The first kappa shape index (κ1) is 13.5. The Bertz CT molecular complexity index is 282. The molecule has 4 fully saturated rings. The summed E-state index contributed by atoms with van der Waals surface area (Å²) in [5, 5.41) is 0. The Balaban J connectivity index is 1.17. The van der Waals surface area contributed by atoms with E-state index in [1.54, 1.807) is 0 Å². The summed E-state index contributed by atoms with van der Waals surface area (Å²) in [7, 11) is 0. The number of likely N-dealkylation sites (tertiary alicyclic amines) is 2. The van der Waals surface area contributed by atoms with Gasteiger partial charge < -0.3 is 19.3 Å². The Morgan fingerprint density at radius 1 is 0.650 bits per heavy atom. The molecule has 20 heavy (non-hydrogen) atoms. The van der Waals surface area contributed by atoms with Gasteiger partial charge in [-0.05, 0) is 63.7 Å². The summed E-state index contributed by atoms with van der Waals surface area (Å²) in [4.78, 5) is 5.24. The molecule has 0 saturated carbocycles. The molecule has 0 N–H and O–H groups in total. The molecular weight excluding hydrogens is 252 g/mol. The molecule has 0 aliphatic carbocycles. The molecule has 4 heterocycles. The number of rotatable bonds is 5. The first-order chi connectivity index (χ1) is 9.87. The molecule has 0 radical (unpaired) electrons. The molecular formula is C16H28N2O2. The van der Waals surface area contributed by atoms with Gasteiger partial charge >= 0.3 is 0 Å². The highest BCUT2D eigenvalue weighted by Gasteiger charge is 2.33. The fraction of sp³-hybridized carbons (Fsp3) is 1.00. The van der Waals surface area contributed by atoms with Gasteiger partial charge in [-0.15, -0.1) is 0 Å². The van der Waals surface area contributed by atoms with Crippen molar-refractivity contribution < 1.29 is 9.47 Å². The Hall–Kier alpha value is -0.160. The van der Waals surface area contributed by atoms with Crippen molar-refractivity contribution in [3.8, 4) is 0 Å². The van der Waals surface area contributed by atoms with Crippen LogP contribution in [0.2, 0.25) is 0 Å². The van der Waals surface area contributed by atoms with E-state index in [1.165, 1.54) is 65.0 Å². The van der Waals surface area contributed by atoms with E-state index in [0.717, 1.165) is 25.0 Å². The van der Waals surface area contributed by atoms with Crippen LogP contribution in [0.15, 0.2) is 0 Å². The molecule has 4 heteroatoms. The van der Waals surface area contributed by atoms with Crippen LogP contribution in [0.5, 0.6) is 0 Å². The van der Waals surface area contributed by atoms with E-state index in [1.807, 2.05) is 0 Å². The lowest BCUT2D eigenvalue weighted by atomic mass is 9.79. The maximum absolute atomic E-state index is 5.35. The average Bonchev–Trinajstić information content (AvgIpc) is 3.37. The fourth-order valence-electron chi connectivity index (χ4n) is 4.14. The number of epoxide rings is 2. The maximum atomic E-state index is 5.35. The molecule has 4 aliphatic rings. The van der Waals surface area contributed by atoms with Crippen LogP contribution in [-0.4, -0.2) is 74.5 Å². The highest BCUT2D eigenvalue weighted by Crippen LogP contribution is 2.33. The van der Waals surface area contributed by atoms with Crippen molar-refractivity contribution in [1.82, 2.24) is 9.80 Å². The van der Waals surface area contributed by atoms with Gasteiger partial charge in [0.15, 0.2) is 0 Å². The summed E-state index contributed by atoms with van der Waals surface area (Å²) >= 11 is 0. The second-order valence-corrected chi connectivity index (χ2v) is 7.19. The van der Waals surface area contributed by atoms with Crippen LogP contribution in [0.1, 0.15) is 25.7 Å². The van der Waals surface area contributed by atoms with Gasteiger partial charge in [0.25, 0.3) is 0 Å². The van der Waals surface area contributed by atoms with Gasteiger partial charge in [0.2, 0.25) is 0 Å². The molecule has 114 valence electrons. The molecule has 0 unspecified atom stereocenters. The van der Waals surface area contributed by atoms with E-state index >= 15 is 0 Å². The standard InChI is InChI=1S/C16H28N2O2/c1-5-17(9-15-11-19-15)6-2-13(1)14-3-7-18(8-4-14)10-16-12-20-16/h13-16H,1-12H2/t15-,16-/m1/s1.